The molecule has 0 aromatic heterocycles. The number of aliphatic carboxylic acids is 1. The molecule has 1 rings (SSSR count). The summed E-state index contributed by atoms with van der Waals surface area (Å²) in [4.78, 5) is 21.9. The van der Waals surface area contributed by atoms with E-state index in [1.54, 1.807) is 6.07 Å². The zero-order valence-corrected chi connectivity index (χ0v) is 10.5. The number of hydrogen-bond acceptors (Lipinski definition) is 4. The molecule has 18 heavy (non-hydrogen) atoms. The van der Waals surface area contributed by atoms with Crippen LogP contribution in [0.4, 0.5) is 0 Å². The molecule has 0 spiro atoms. The Morgan fingerprint density at radius 2 is 2.11 bits per heavy atom. The van der Waals surface area contributed by atoms with Gasteiger partial charge in [-0.05, 0) is 11.6 Å². The van der Waals surface area contributed by atoms with E-state index in [2.05, 4.69) is 0 Å². The molecular weight excluding hydrogens is 260 g/mol. The average molecular weight is 273 g/mol. The first-order chi connectivity index (χ1) is 8.49. The van der Waals surface area contributed by atoms with Crippen LogP contribution >= 0.6 is 11.6 Å². The van der Waals surface area contributed by atoms with Gasteiger partial charge < -0.3 is 14.9 Å². The van der Waals surface area contributed by atoms with E-state index in [4.69, 9.17) is 21.4 Å². The van der Waals surface area contributed by atoms with E-state index in [-0.39, 0.29) is 29.4 Å². The van der Waals surface area contributed by atoms with Gasteiger partial charge in [-0.25, -0.2) is 4.79 Å². The highest BCUT2D eigenvalue weighted by molar-refractivity contribution is 6.27. The Morgan fingerprint density at radius 3 is 2.61 bits per heavy atom. The number of carbonyl (C=O) groups is 2. The van der Waals surface area contributed by atoms with Gasteiger partial charge in [0, 0.05) is 12.0 Å². The highest BCUT2D eigenvalue weighted by atomic mass is 35.5. The van der Waals surface area contributed by atoms with E-state index in [9.17, 15) is 14.7 Å². The number of halogens is 1. The van der Waals surface area contributed by atoms with Crippen molar-refractivity contribution in [3.8, 4) is 5.75 Å². The van der Waals surface area contributed by atoms with Gasteiger partial charge in [0.15, 0.2) is 11.9 Å². The fourth-order valence-corrected chi connectivity index (χ4v) is 1.59. The number of Topliss-reactive ketones (excluding diaryl/α,β-unsaturated/α-hetero) is 1. The van der Waals surface area contributed by atoms with Crippen LogP contribution in [0.3, 0.4) is 0 Å². The van der Waals surface area contributed by atoms with Gasteiger partial charge in [-0.3, -0.25) is 4.79 Å². The molecule has 0 amide bonds. The van der Waals surface area contributed by atoms with Crippen molar-refractivity contribution in [3.63, 3.8) is 0 Å². The van der Waals surface area contributed by atoms with Crippen LogP contribution < -0.4 is 4.74 Å². The topological polar surface area (TPSA) is 83.8 Å². The summed E-state index contributed by atoms with van der Waals surface area (Å²) in [6.45, 7) is 0. The minimum atomic E-state index is -1.65. The number of aliphatic hydroxyl groups excluding tert-OH is 1. The zero-order chi connectivity index (χ0) is 13.7. The summed E-state index contributed by atoms with van der Waals surface area (Å²) < 4.78 is 5.00. The van der Waals surface area contributed by atoms with E-state index in [1.165, 1.54) is 19.2 Å². The van der Waals surface area contributed by atoms with Gasteiger partial charge in [0.05, 0.1) is 13.0 Å². The molecule has 0 radical (unpaired) electrons. The predicted octanol–water partition coefficient (Wildman–Crippen LogP) is 1.16. The smallest absolute Gasteiger partial charge is 0.337 e. The molecule has 1 atom stereocenters. The first kappa shape index (κ1) is 14.5. The summed E-state index contributed by atoms with van der Waals surface area (Å²) in [5.41, 5.74) is 0.797. The quantitative estimate of drug-likeness (QED) is 0.759. The number of methoxy groups -OCH3 is 1. The molecule has 0 saturated heterocycles. The van der Waals surface area contributed by atoms with Crippen molar-refractivity contribution in [2.75, 3.05) is 13.0 Å². The third-order valence-electron chi connectivity index (χ3n) is 2.38. The highest BCUT2D eigenvalue weighted by Gasteiger charge is 2.20. The summed E-state index contributed by atoms with van der Waals surface area (Å²) in [6, 6.07) is 4.51. The standard InChI is InChI=1S/C12H13ClO5/c1-18-10-5-7(4-8(14)6-13)2-3-9(10)11(15)12(16)17/h2-3,5,11,15H,4,6H2,1H3,(H,16,17). The van der Waals surface area contributed by atoms with Gasteiger partial charge in [0.2, 0.25) is 0 Å². The van der Waals surface area contributed by atoms with E-state index >= 15 is 0 Å². The molecular formula is C12H13ClO5. The van der Waals surface area contributed by atoms with Crippen molar-refractivity contribution in [1.82, 2.24) is 0 Å². The monoisotopic (exact) mass is 272 g/mol. The lowest BCUT2D eigenvalue weighted by Crippen LogP contribution is -2.12. The molecule has 6 heteroatoms. The normalized spacial score (nSPS) is 11.9. The zero-order valence-electron chi connectivity index (χ0n) is 9.72. The summed E-state index contributed by atoms with van der Waals surface area (Å²) in [7, 11) is 1.36. The van der Waals surface area contributed by atoms with Crippen LogP contribution in [-0.4, -0.2) is 35.0 Å². The molecule has 1 unspecified atom stereocenters. The molecule has 0 aliphatic carbocycles. The van der Waals surface area contributed by atoms with Gasteiger partial charge in [-0.1, -0.05) is 12.1 Å². The number of aliphatic hydroxyl groups is 1. The summed E-state index contributed by atoms with van der Waals surface area (Å²) in [6.07, 6.45) is -1.51. The number of ether oxygens (including phenoxy) is 1. The molecule has 1 aromatic rings. The molecule has 1 aromatic carbocycles. The van der Waals surface area contributed by atoms with Crippen molar-refractivity contribution in [2.45, 2.75) is 12.5 Å². The van der Waals surface area contributed by atoms with E-state index in [0.29, 0.717) is 5.56 Å². The van der Waals surface area contributed by atoms with E-state index in [1.807, 2.05) is 0 Å². The molecule has 0 aliphatic heterocycles. The van der Waals surface area contributed by atoms with Crippen molar-refractivity contribution in [1.29, 1.82) is 0 Å². The van der Waals surface area contributed by atoms with Crippen molar-refractivity contribution < 1.29 is 24.5 Å². The number of hydrogen-bond donors (Lipinski definition) is 2. The molecule has 0 bridgehead atoms. The van der Waals surface area contributed by atoms with Crippen LogP contribution in [0.15, 0.2) is 18.2 Å². The van der Waals surface area contributed by atoms with Gasteiger partial charge in [-0.2, -0.15) is 0 Å². The fraction of sp³-hybridized carbons (Fsp3) is 0.333. The van der Waals surface area contributed by atoms with Crippen LogP contribution in [0.25, 0.3) is 0 Å². The second-order valence-electron chi connectivity index (χ2n) is 3.67. The van der Waals surface area contributed by atoms with Gasteiger partial charge in [0.1, 0.15) is 5.75 Å². The third kappa shape index (κ3) is 3.45. The Kier molecular flexibility index (Phi) is 5.12. The molecule has 0 heterocycles. The maximum Gasteiger partial charge on any atom is 0.337 e. The third-order valence-corrected chi connectivity index (χ3v) is 2.67. The Labute approximate surface area is 109 Å². The minimum Gasteiger partial charge on any atom is -0.496 e. The summed E-state index contributed by atoms with van der Waals surface area (Å²) >= 11 is 5.40. The first-order valence-electron chi connectivity index (χ1n) is 5.15. The fourth-order valence-electron chi connectivity index (χ4n) is 1.50. The molecule has 0 fully saturated rings. The van der Waals surface area contributed by atoms with Crippen LogP contribution in [0, 0.1) is 0 Å². The van der Waals surface area contributed by atoms with E-state index < -0.39 is 12.1 Å². The molecule has 0 saturated carbocycles. The number of alkyl halides is 1. The minimum absolute atomic E-state index is 0.0815. The average Bonchev–Trinajstić information content (AvgIpc) is 2.37. The second-order valence-corrected chi connectivity index (χ2v) is 3.93. The lowest BCUT2D eigenvalue weighted by Gasteiger charge is -2.12. The van der Waals surface area contributed by atoms with Crippen LogP contribution in [0.2, 0.25) is 0 Å². The van der Waals surface area contributed by atoms with E-state index in [0.717, 1.165) is 0 Å². The van der Waals surface area contributed by atoms with Gasteiger partial charge >= 0.3 is 5.97 Å². The Morgan fingerprint density at radius 1 is 1.44 bits per heavy atom. The largest absolute Gasteiger partial charge is 0.496 e. The number of benzene rings is 1. The molecule has 5 nitrogen and oxygen atoms in total. The van der Waals surface area contributed by atoms with Crippen LogP contribution in [-0.2, 0) is 16.0 Å². The molecule has 2 N–H and O–H groups in total. The maximum absolute atomic E-state index is 11.2. The Hall–Kier alpha value is -1.59. The van der Waals surface area contributed by atoms with Crippen molar-refractivity contribution >= 4 is 23.4 Å². The number of rotatable bonds is 6. The predicted molar refractivity (Wildman–Crippen MR) is 65.0 cm³/mol. The summed E-state index contributed by atoms with van der Waals surface area (Å²) in [5, 5.41) is 18.2. The SMILES string of the molecule is COc1cc(CC(=O)CCl)ccc1C(O)C(=O)O. The number of carbonyl (C=O) groups excluding carboxylic acids is 1. The molecule has 0 aliphatic rings. The van der Waals surface area contributed by atoms with Crippen molar-refractivity contribution in [3.05, 3.63) is 29.3 Å². The van der Waals surface area contributed by atoms with Crippen LogP contribution in [0.5, 0.6) is 5.75 Å². The number of ketones is 1. The Balaban J connectivity index is 3.03. The van der Waals surface area contributed by atoms with Gasteiger partial charge in [-0.15, -0.1) is 11.6 Å². The number of carboxylic acids is 1. The maximum atomic E-state index is 11.2. The highest BCUT2D eigenvalue weighted by Crippen LogP contribution is 2.26. The lowest BCUT2D eigenvalue weighted by molar-refractivity contribution is -0.147. The molecule has 98 valence electrons. The lowest BCUT2D eigenvalue weighted by atomic mass is 10.0. The second kappa shape index (κ2) is 6.37. The Bertz CT molecular complexity index is 458. The van der Waals surface area contributed by atoms with Crippen LogP contribution in [0.1, 0.15) is 17.2 Å². The first-order valence-corrected chi connectivity index (χ1v) is 5.68. The van der Waals surface area contributed by atoms with Gasteiger partial charge in [0.25, 0.3) is 0 Å². The van der Waals surface area contributed by atoms with Crippen molar-refractivity contribution in [2.24, 2.45) is 0 Å². The number of carboxylic acid groups (broad SMARTS) is 1. The summed E-state index contributed by atoms with van der Waals surface area (Å²) in [5.74, 6) is -1.37.